The van der Waals surface area contributed by atoms with Gasteiger partial charge in [-0.25, -0.2) is 13.1 Å². The molecule has 0 aromatic heterocycles. The molecule has 0 radical (unpaired) electrons. The van der Waals surface area contributed by atoms with Crippen LogP contribution in [0.2, 0.25) is 0 Å². The predicted octanol–water partition coefficient (Wildman–Crippen LogP) is 3.30. The lowest BCUT2D eigenvalue weighted by Crippen LogP contribution is -2.51. The first-order valence-electron chi connectivity index (χ1n) is 7.49. The molecule has 2 aromatic carbocycles. The Kier molecular flexibility index (Phi) is 6.59. The molecule has 0 aliphatic rings. The fourth-order valence-corrected chi connectivity index (χ4v) is 4.25. The summed E-state index contributed by atoms with van der Waals surface area (Å²) in [4.78, 5) is 0.273. The van der Waals surface area contributed by atoms with Crippen LogP contribution in [0.1, 0.15) is 27.2 Å². The number of sulfonamides is 1. The number of nitrogens with two attached hydrogens (primary N) is 1. The van der Waals surface area contributed by atoms with Crippen molar-refractivity contribution in [2.45, 2.75) is 37.6 Å². The molecule has 0 fully saturated rings. The molecule has 1 unspecified atom stereocenters. The van der Waals surface area contributed by atoms with E-state index in [4.69, 9.17) is 5.73 Å². The first kappa shape index (κ1) is 19.9. The summed E-state index contributed by atoms with van der Waals surface area (Å²) >= 11 is 0. The molecule has 0 saturated carbocycles. The molecule has 0 bridgehead atoms. The molecular formula is C17H25ClN2O2S. The van der Waals surface area contributed by atoms with E-state index in [2.05, 4.69) is 18.6 Å². The van der Waals surface area contributed by atoms with Crippen LogP contribution in [-0.4, -0.2) is 20.5 Å². The van der Waals surface area contributed by atoms with Crippen LogP contribution in [0.15, 0.2) is 47.4 Å². The summed E-state index contributed by atoms with van der Waals surface area (Å²) in [5.41, 5.74) is 5.16. The highest BCUT2D eigenvalue weighted by atomic mass is 35.5. The largest absolute Gasteiger partial charge is 0.329 e. The third kappa shape index (κ3) is 4.91. The number of nitrogens with one attached hydrogen (secondary N) is 1. The third-order valence-corrected chi connectivity index (χ3v) is 5.36. The minimum atomic E-state index is -3.60. The van der Waals surface area contributed by atoms with Crippen molar-refractivity contribution in [3.05, 3.63) is 42.5 Å². The van der Waals surface area contributed by atoms with E-state index in [1.54, 1.807) is 12.1 Å². The first-order chi connectivity index (χ1) is 10.3. The second kappa shape index (κ2) is 7.62. The molecule has 4 nitrogen and oxygen atoms in total. The summed E-state index contributed by atoms with van der Waals surface area (Å²) in [6, 6.07) is 12.9. The molecule has 0 heterocycles. The van der Waals surface area contributed by atoms with E-state index >= 15 is 0 Å². The van der Waals surface area contributed by atoms with Crippen molar-refractivity contribution in [3.8, 4) is 0 Å². The maximum atomic E-state index is 12.7. The maximum absolute atomic E-state index is 12.7. The zero-order chi connectivity index (χ0) is 16.4. The lowest BCUT2D eigenvalue weighted by atomic mass is 9.92. The van der Waals surface area contributed by atoms with Gasteiger partial charge in [-0.1, -0.05) is 44.2 Å². The van der Waals surface area contributed by atoms with Crippen molar-refractivity contribution in [1.29, 1.82) is 0 Å². The predicted molar refractivity (Wildman–Crippen MR) is 98.4 cm³/mol. The number of hydrogen-bond donors (Lipinski definition) is 2. The molecular weight excluding hydrogens is 332 g/mol. The lowest BCUT2D eigenvalue weighted by Gasteiger charge is -2.30. The van der Waals surface area contributed by atoms with Gasteiger partial charge in [0, 0.05) is 12.1 Å². The van der Waals surface area contributed by atoms with Crippen molar-refractivity contribution in [2.75, 3.05) is 6.54 Å². The van der Waals surface area contributed by atoms with Crippen LogP contribution in [0, 0.1) is 5.92 Å². The molecule has 23 heavy (non-hydrogen) atoms. The molecule has 2 aromatic rings. The molecule has 0 spiro atoms. The molecule has 6 heteroatoms. The molecule has 128 valence electrons. The molecule has 0 saturated heterocycles. The van der Waals surface area contributed by atoms with Crippen molar-refractivity contribution in [3.63, 3.8) is 0 Å². The summed E-state index contributed by atoms with van der Waals surface area (Å²) < 4.78 is 28.1. The molecule has 2 rings (SSSR count). The Labute approximate surface area is 144 Å². The number of fused-ring (bicyclic) bond motifs is 1. The average Bonchev–Trinajstić information content (AvgIpc) is 2.45. The molecule has 0 amide bonds. The van der Waals surface area contributed by atoms with Crippen LogP contribution < -0.4 is 10.5 Å². The monoisotopic (exact) mass is 356 g/mol. The van der Waals surface area contributed by atoms with Crippen LogP contribution in [-0.2, 0) is 10.0 Å². The molecule has 0 aliphatic heterocycles. The maximum Gasteiger partial charge on any atom is 0.241 e. The van der Waals surface area contributed by atoms with E-state index in [9.17, 15) is 8.42 Å². The Morgan fingerprint density at radius 3 is 2.30 bits per heavy atom. The summed E-state index contributed by atoms with van der Waals surface area (Å²) in [5.74, 6) is 0.354. The van der Waals surface area contributed by atoms with Gasteiger partial charge < -0.3 is 5.73 Å². The summed E-state index contributed by atoms with van der Waals surface area (Å²) in [5, 5.41) is 1.92. The van der Waals surface area contributed by atoms with E-state index < -0.39 is 15.6 Å². The topological polar surface area (TPSA) is 72.2 Å². The van der Waals surface area contributed by atoms with Gasteiger partial charge in [-0.3, -0.25) is 0 Å². The third-order valence-electron chi connectivity index (χ3n) is 3.72. The summed E-state index contributed by atoms with van der Waals surface area (Å²) in [7, 11) is -3.60. The quantitative estimate of drug-likeness (QED) is 0.834. The minimum Gasteiger partial charge on any atom is -0.329 e. The fourth-order valence-electron chi connectivity index (χ4n) is 2.79. The number of halogens is 1. The number of hydrogen-bond acceptors (Lipinski definition) is 3. The Morgan fingerprint density at radius 1 is 1.13 bits per heavy atom. The Balaban J connectivity index is 0.00000264. The number of rotatable bonds is 6. The molecule has 0 aliphatic carbocycles. The Hall–Kier alpha value is -1.14. The van der Waals surface area contributed by atoms with E-state index in [1.807, 2.05) is 37.3 Å². The van der Waals surface area contributed by atoms with Gasteiger partial charge in [0.2, 0.25) is 10.0 Å². The van der Waals surface area contributed by atoms with Crippen molar-refractivity contribution in [2.24, 2.45) is 11.7 Å². The van der Waals surface area contributed by atoms with Crippen molar-refractivity contribution < 1.29 is 8.42 Å². The van der Waals surface area contributed by atoms with Gasteiger partial charge in [0.1, 0.15) is 0 Å². The van der Waals surface area contributed by atoms with Crippen LogP contribution in [0.3, 0.4) is 0 Å². The Bertz CT molecular complexity index is 762. The van der Waals surface area contributed by atoms with Crippen LogP contribution in [0.4, 0.5) is 0 Å². The minimum absolute atomic E-state index is 0. The van der Waals surface area contributed by atoms with Gasteiger partial charge in [-0.05, 0) is 42.2 Å². The van der Waals surface area contributed by atoms with Gasteiger partial charge in [0.05, 0.1) is 4.90 Å². The molecule has 3 N–H and O–H groups in total. The smallest absolute Gasteiger partial charge is 0.241 e. The lowest BCUT2D eigenvalue weighted by molar-refractivity contribution is 0.344. The van der Waals surface area contributed by atoms with Gasteiger partial charge in [-0.2, -0.15) is 0 Å². The highest BCUT2D eigenvalue weighted by molar-refractivity contribution is 7.89. The zero-order valence-corrected chi connectivity index (χ0v) is 15.4. The van der Waals surface area contributed by atoms with Gasteiger partial charge in [-0.15, -0.1) is 12.4 Å². The highest BCUT2D eigenvalue weighted by Gasteiger charge is 2.30. The normalized spacial score (nSPS) is 14.5. The standard InChI is InChI=1S/C17H24N2O2S.ClH/c1-13(2)11-17(3,12-18)19-22(20,21)16-9-8-14-6-4-5-7-15(14)10-16;/h4-10,13,19H,11-12,18H2,1-3H3;1H. The summed E-state index contributed by atoms with van der Waals surface area (Å²) in [6.07, 6.45) is 0.691. The van der Waals surface area contributed by atoms with Crippen LogP contribution >= 0.6 is 12.4 Å². The fraction of sp³-hybridized carbons (Fsp3) is 0.412. The van der Waals surface area contributed by atoms with Crippen LogP contribution in [0.5, 0.6) is 0 Å². The van der Waals surface area contributed by atoms with E-state index in [0.29, 0.717) is 12.3 Å². The van der Waals surface area contributed by atoms with E-state index in [-0.39, 0.29) is 23.8 Å². The van der Waals surface area contributed by atoms with E-state index in [0.717, 1.165) is 10.8 Å². The van der Waals surface area contributed by atoms with Crippen molar-refractivity contribution >= 4 is 33.2 Å². The second-order valence-electron chi connectivity index (χ2n) is 6.48. The van der Waals surface area contributed by atoms with E-state index in [1.165, 1.54) is 0 Å². The van der Waals surface area contributed by atoms with Crippen LogP contribution in [0.25, 0.3) is 10.8 Å². The van der Waals surface area contributed by atoms with Gasteiger partial charge >= 0.3 is 0 Å². The molecule has 1 atom stereocenters. The second-order valence-corrected chi connectivity index (χ2v) is 8.16. The average molecular weight is 357 g/mol. The van der Waals surface area contributed by atoms with Gasteiger partial charge in [0.25, 0.3) is 0 Å². The number of benzene rings is 2. The SMILES string of the molecule is CC(C)CC(C)(CN)NS(=O)(=O)c1ccc2ccccc2c1.Cl. The van der Waals surface area contributed by atoms with Crippen molar-refractivity contribution in [1.82, 2.24) is 4.72 Å². The zero-order valence-electron chi connectivity index (χ0n) is 13.7. The van der Waals surface area contributed by atoms with Gasteiger partial charge in [0.15, 0.2) is 0 Å². The Morgan fingerprint density at radius 2 is 1.74 bits per heavy atom. The first-order valence-corrected chi connectivity index (χ1v) is 8.97. The summed E-state index contributed by atoms with van der Waals surface area (Å²) in [6.45, 7) is 6.22. The highest BCUT2D eigenvalue weighted by Crippen LogP contribution is 2.22.